The summed E-state index contributed by atoms with van der Waals surface area (Å²) in [4.78, 5) is 41.8. The van der Waals surface area contributed by atoms with E-state index in [4.69, 9.17) is 28.6 Å². The van der Waals surface area contributed by atoms with E-state index in [9.17, 15) is 9.59 Å². The average molecular weight is 670 g/mol. The third-order valence-corrected chi connectivity index (χ3v) is 9.72. The third kappa shape index (κ3) is 7.44. The molecule has 0 bridgehead atoms. The Kier molecular flexibility index (Phi) is 9.80. The van der Waals surface area contributed by atoms with Crippen LogP contribution in [0.3, 0.4) is 0 Å². The van der Waals surface area contributed by atoms with Crippen LogP contribution >= 0.6 is 11.8 Å². The second-order valence-electron chi connectivity index (χ2n) is 12.1. The number of fused-ring (bicyclic) bond motifs is 1. The molecule has 0 N–H and O–H groups in total. The Morgan fingerprint density at radius 1 is 0.938 bits per heavy atom. The average Bonchev–Trinajstić information content (AvgIpc) is 3.81. The molecule has 1 atom stereocenters. The molecule has 2 fully saturated rings. The molecule has 250 valence electrons. The molecule has 48 heavy (non-hydrogen) atoms. The fourth-order valence-corrected chi connectivity index (χ4v) is 7.05. The van der Waals surface area contributed by atoms with Crippen molar-refractivity contribution in [1.82, 2.24) is 19.8 Å². The van der Waals surface area contributed by atoms with Gasteiger partial charge in [0.2, 0.25) is 6.79 Å². The number of esters is 1. The molecular weight excluding hydrogens is 630 g/mol. The van der Waals surface area contributed by atoms with Gasteiger partial charge < -0.3 is 28.4 Å². The molecule has 11 nitrogen and oxygen atoms in total. The Hall–Kier alpha value is -4.55. The molecule has 1 unspecified atom stereocenters. The van der Waals surface area contributed by atoms with Crippen molar-refractivity contribution in [2.24, 2.45) is 5.92 Å². The molecule has 0 saturated carbocycles. The first-order valence-corrected chi connectivity index (χ1v) is 17.5. The van der Waals surface area contributed by atoms with E-state index in [1.54, 1.807) is 17.9 Å². The van der Waals surface area contributed by atoms with Gasteiger partial charge in [-0.05, 0) is 49.6 Å². The fraction of sp³-hybridized carbons (Fsp3) is 0.389. The van der Waals surface area contributed by atoms with Gasteiger partial charge in [0.1, 0.15) is 11.6 Å². The number of nitrogens with zero attached hydrogens (tertiary/aromatic N) is 5. The Morgan fingerprint density at radius 3 is 2.60 bits per heavy atom. The number of aromatic nitrogens is 2. The molecule has 2 aromatic heterocycles. The first-order valence-electron chi connectivity index (χ1n) is 16.5. The number of benzene rings is 2. The number of ether oxygens (including phenoxy) is 3. The van der Waals surface area contributed by atoms with Crippen LogP contribution in [0.5, 0.6) is 11.5 Å². The first-order chi connectivity index (χ1) is 23.5. The first kappa shape index (κ1) is 32.0. The van der Waals surface area contributed by atoms with E-state index in [-0.39, 0.29) is 30.3 Å². The normalized spacial score (nSPS) is 17.8. The second kappa shape index (κ2) is 14.7. The zero-order chi connectivity index (χ0) is 32.9. The highest BCUT2D eigenvalue weighted by molar-refractivity contribution is 7.98. The third-order valence-electron chi connectivity index (χ3n) is 8.85. The van der Waals surface area contributed by atoms with Crippen LogP contribution in [0.2, 0.25) is 0 Å². The smallest absolute Gasteiger partial charge is 0.310 e. The topological polar surface area (TPSA) is 110 Å². The predicted octanol–water partition coefficient (Wildman–Crippen LogP) is 5.50. The van der Waals surface area contributed by atoms with Crippen molar-refractivity contribution >= 4 is 29.5 Å². The summed E-state index contributed by atoms with van der Waals surface area (Å²) in [5.74, 6) is 3.17. The number of rotatable bonds is 10. The van der Waals surface area contributed by atoms with Gasteiger partial charge in [-0.25, -0.2) is 9.97 Å². The monoisotopic (exact) mass is 669 g/mol. The summed E-state index contributed by atoms with van der Waals surface area (Å²) in [6.07, 6.45) is 1.48. The maximum absolute atomic E-state index is 13.2. The minimum atomic E-state index is -0.297. The number of hydrogen-bond donors (Lipinski definition) is 0. The molecule has 2 aromatic carbocycles. The number of carbonyl (C=O) groups is 2. The number of hydrogen-bond acceptors (Lipinski definition) is 11. The predicted molar refractivity (Wildman–Crippen MR) is 181 cm³/mol. The molecule has 1 amide bonds. The van der Waals surface area contributed by atoms with E-state index in [1.807, 2.05) is 30.3 Å². The molecule has 0 radical (unpaired) electrons. The molecule has 5 heterocycles. The highest BCUT2D eigenvalue weighted by Crippen LogP contribution is 2.33. The molecule has 3 aliphatic rings. The van der Waals surface area contributed by atoms with E-state index in [0.29, 0.717) is 36.4 Å². The van der Waals surface area contributed by atoms with Gasteiger partial charge in [0.25, 0.3) is 5.91 Å². The molecule has 0 spiro atoms. The van der Waals surface area contributed by atoms with E-state index >= 15 is 0 Å². The van der Waals surface area contributed by atoms with Gasteiger partial charge in [-0.3, -0.25) is 14.5 Å². The van der Waals surface area contributed by atoms with Crippen molar-refractivity contribution in [3.8, 4) is 22.8 Å². The van der Waals surface area contributed by atoms with Crippen molar-refractivity contribution in [3.05, 3.63) is 83.8 Å². The molecule has 7 rings (SSSR count). The highest BCUT2D eigenvalue weighted by Gasteiger charge is 2.31. The number of likely N-dealkylation sites (tertiary alicyclic amines) is 1. The molecule has 0 aliphatic carbocycles. The number of piperidine rings is 1. The van der Waals surface area contributed by atoms with Crippen molar-refractivity contribution in [3.63, 3.8) is 0 Å². The number of piperazine rings is 1. The highest BCUT2D eigenvalue weighted by atomic mass is 32.2. The lowest BCUT2D eigenvalue weighted by molar-refractivity contribution is -0.149. The van der Waals surface area contributed by atoms with Crippen LogP contribution in [-0.4, -0.2) is 84.3 Å². The molecular formula is C36H39N5O6S. The summed E-state index contributed by atoms with van der Waals surface area (Å²) < 4.78 is 22.2. The largest absolute Gasteiger partial charge is 0.466 e. The Labute approximate surface area is 284 Å². The minimum Gasteiger partial charge on any atom is -0.466 e. The second-order valence-corrected chi connectivity index (χ2v) is 13.1. The van der Waals surface area contributed by atoms with Gasteiger partial charge >= 0.3 is 5.97 Å². The van der Waals surface area contributed by atoms with Crippen LogP contribution in [-0.2, 0) is 21.8 Å². The zero-order valence-corrected chi connectivity index (χ0v) is 27.8. The summed E-state index contributed by atoms with van der Waals surface area (Å²) in [6.45, 7) is 7.69. The van der Waals surface area contributed by atoms with Crippen molar-refractivity contribution in [2.75, 3.05) is 57.6 Å². The van der Waals surface area contributed by atoms with Crippen molar-refractivity contribution < 1.29 is 28.2 Å². The lowest BCUT2D eigenvalue weighted by Crippen LogP contribution is -2.46. The SMILES string of the molecule is CCOC(=O)C1CCCN(C(=O)c2ccc(CSc3nc(-c4ccccc4)cc(N4CCN(Cc5ccc6c(c5)OCO6)CC4)n3)o2)C1. The summed E-state index contributed by atoms with van der Waals surface area (Å²) in [5, 5.41) is 0.645. The standard InChI is InChI=1S/C36H39N5O6S/c1-2-44-35(43)27-9-6-14-41(22-27)34(42)31-13-11-28(47-31)23-48-36-37-29(26-7-4-3-5-8-26)20-33(38-36)40-17-15-39(16-18-40)21-25-10-12-30-32(19-25)46-24-45-30/h3-5,7-8,10-13,19-20,27H,2,6,9,14-18,21-24H2,1H3. The molecule has 2 saturated heterocycles. The van der Waals surface area contributed by atoms with Gasteiger partial charge in [-0.15, -0.1) is 0 Å². The van der Waals surface area contributed by atoms with Gasteiger partial charge in [0, 0.05) is 57.4 Å². The summed E-state index contributed by atoms with van der Waals surface area (Å²) >= 11 is 1.48. The fourth-order valence-electron chi connectivity index (χ4n) is 6.30. The number of carbonyl (C=O) groups excluding carboxylic acids is 2. The van der Waals surface area contributed by atoms with Gasteiger partial charge in [-0.2, -0.15) is 0 Å². The van der Waals surface area contributed by atoms with E-state index in [1.165, 1.54) is 17.3 Å². The van der Waals surface area contributed by atoms with Crippen molar-refractivity contribution in [1.29, 1.82) is 0 Å². The Morgan fingerprint density at radius 2 is 1.77 bits per heavy atom. The number of amides is 1. The lowest BCUT2D eigenvalue weighted by Gasteiger charge is -2.35. The van der Waals surface area contributed by atoms with E-state index in [2.05, 4.69) is 40.1 Å². The van der Waals surface area contributed by atoms with Crippen LogP contribution in [0.25, 0.3) is 11.3 Å². The number of thioether (sulfide) groups is 1. The maximum atomic E-state index is 13.2. The van der Waals surface area contributed by atoms with Crippen LogP contribution in [0, 0.1) is 5.92 Å². The lowest BCUT2D eigenvalue weighted by atomic mass is 9.98. The van der Waals surface area contributed by atoms with Gasteiger partial charge in [-0.1, -0.05) is 48.2 Å². The summed E-state index contributed by atoms with van der Waals surface area (Å²) in [5.41, 5.74) is 3.10. The quantitative estimate of drug-likeness (QED) is 0.121. The molecule has 12 heteroatoms. The van der Waals surface area contributed by atoms with Crippen molar-refractivity contribution in [2.45, 2.75) is 37.2 Å². The molecule has 4 aromatic rings. The van der Waals surface area contributed by atoms with Crippen LogP contribution in [0.15, 0.2) is 76.3 Å². The van der Waals surface area contributed by atoms with Gasteiger partial charge in [0.15, 0.2) is 22.4 Å². The maximum Gasteiger partial charge on any atom is 0.310 e. The Balaban J connectivity index is 1.00. The van der Waals surface area contributed by atoms with E-state index in [0.717, 1.165) is 74.1 Å². The van der Waals surface area contributed by atoms with Gasteiger partial charge in [0.05, 0.1) is 24.0 Å². The van der Waals surface area contributed by atoms with Crippen LogP contribution < -0.4 is 14.4 Å². The zero-order valence-electron chi connectivity index (χ0n) is 27.0. The van der Waals surface area contributed by atoms with Crippen LogP contribution in [0.1, 0.15) is 41.6 Å². The Bertz CT molecular complexity index is 1740. The van der Waals surface area contributed by atoms with E-state index < -0.39 is 0 Å². The number of anilines is 1. The minimum absolute atomic E-state index is 0.206. The summed E-state index contributed by atoms with van der Waals surface area (Å²) in [6, 6.07) is 21.9. The number of furan rings is 1. The molecule has 3 aliphatic heterocycles. The van der Waals surface area contributed by atoms with Crippen LogP contribution in [0.4, 0.5) is 5.82 Å². The summed E-state index contributed by atoms with van der Waals surface area (Å²) in [7, 11) is 0.